The first-order valence-corrected chi connectivity index (χ1v) is 9.07. The second-order valence-corrected chi connectivity index (χ2v) is 6.98. The molecule has 3 aromatic rings. The summed E-state index contributed by atoms with van der Waals surface area (Å²) in [6, 6.07) is 8.37. The number of carbonyl (C=O) groups excluding carboxylic acids is 1. The second-order valence-electron chi connectivity index (χ2n) is 6.14. The van der Waals surface area contributed by atoms with Gasteiger partial charge in [0.1, 0.15) is 5.69 Å². The van der Waals surface area contributed by atoms with E-state index in [1.807, 2.05) is 16.0 Å². The van der Waals surface area contributed by atoms with Gasteiger partial charge in [0.2, 0.25) is 0 Å². The van der Waals surface area contributed by atoms with Crippen molar-refractivity contribution in [1.29, 1.82) is 0 Å². The fraction of sp³-hybridized carbons (Fsp3) is 0.333. The molecule has 1 amide bonds. The predicted octanol–water partition coefficient (Wildman–Crippen LogP) is 2.83. The van der Waals surface area contributed by atoms with Gasteiger partial charge >= 0.3 is 0 Å². The number of imidazole rings is 1. The number of rotatable bonds is 3. The molecule has 1 atom stereocenters. The minimum atomic E-state index is -0.404. The molecule has 0 saturated carbocycles. The molecule has 2 aromatic heterocycles. The highest BCUT2D eigenvalue weighted by Gasteiger charge is 2.27. The maximum Gasteiger partial charge on any atom is 0.271 e. The smallest absolute Gasteiger partial charge is 0.271 e. The molecule has 0 spiro atoms. The number of nitrogens with zero attached hydrogens (tertiary/aromatic N) is 3. The minimum absolute atomic E-state index is 0.0388. The van der Waals surface area contributed by atoms with E-state index in [1.165, 1.54) is 16.9 Å². The number of benzene rings is 1. The standard InChI is InChI=1S/C18H19N3O2S/c1-2-12-3-5-13(6-4-12)15-10-21-16(11-24-18(21)19-15)17(23)20-8-7-14(22)9-20/h3-6,10-11,14,22H,2,7-9H2,1H3/t14-/m1/s1. The zero-order valence-electron chi connectivity index (χ0n) is 13.5. The molecule has 0 bridgehead atoms. The molecule has 0 radical (unpaired) electrons. The Bertz CT molecular complexity index is 881. The lowest BCUT2D eigenvalue weighted by molar-refractivity contribution is 0.0758. The molecular weight excluding hydrogens is 322 g/mol. The molecule has 5 nitrogen and oxygen atoms in total. The summed E-state index contributed by atoms with van der Waals surface area (Å²) in [5, 5.41) is 11.5. The average Bonchev–Trinajstić information content (AvgIpc) is 3.29. The van der Waals surface area contributed by atoms with E-state index >= 15 is 0 Å². The summed E-state index contributed by atoms with van der Waals surface area (Å²) in [7, 11) is 0. The highest BCUT2D eigenvalue weighted by molar-refractivity contribution is 7.15. The number of aliphatic hydroxyl groups is 1. The Morgan fingerprint density at radius 1 is 1.38 bits per heavy atom. The SMILES string of the molecule is CCc1ccc(-c2cn3c(C(=O)N4CC[C@@H](O)C4)csc3n2)cc1. The van der Waals surface area contributed by atoms with Gasteiger partial charge in [0.15, 0.2) is 4.96 Å². The molecule has 3 heterocycles. The number of fused-ring (bicyclic) bond motifs is 1. The molecule has 6 heteroatoms. The Kier molecular flexibility index (Phi) is 3.86. The van der Waals surface area contributed by atoms with E-state index in [2.05, 4.69) is 36.2 Å². The van der Waals surface area contributed by atoms with Crippen molar-refractivity contribution in [3.8, 4) is 11.3 Å². The van der Waals surface area contributed by atoms with E-state index in [1.54, 1.807) is 4.90 Å². The van der Waals surface area contributed by atoms with Gasteiger partial charge in [-0.25, -0.2) is 4.98 Å². The van der Waals surface area contributed by atoms with Crippen LogP contribution in [0.3, 0.4) is 0 Å². The van der Waals surface area contributed by atoms with E-state index in [-0.39, 0.29) is 5.91 Å². The van der Waals surface area contributed by atoms with Crippen molar-refractivity contribution in [2.75, 3.05) is 13.1 Å². The third kappa shape index (κ3) is 2.61. The molecule has 1 fully saturated rings. The van der Waals surface area contributed by atoms with Gasteiger partial charge in [-0.05, 0) is 18.4 Å². The number of β-amino-alcohol motifs (C(OH)–C–C–N with tert-alkyl or cyclic N) is 1. The van der Waals surface area contributed by atoms with E-state index in [0.29, 0.717) is 25.2 Å². The maximum atomic E-state index is 12.7. The van der Waals surface area contributed by atoms with Crippen LogP contribution < -0.4 is 0 Å². The first-order chi connectivity index (χ1) is 11.7. The predicted molar refractivity (Wildman–Crippen MR) is 94.4 cm³/mol. The highest BCUT2D eigenvalue weighted by atomic mass is 32.1. The summed E-state index contributed by atoms with van der Waals surface area (Å²) in [6.45, 7) is 3.16. The van der Waals surface area contributed by atoms with Crippen molar-refractivity contribution in [3.63, 3.8) is 0 Å². The zero-order valence-corrected chi connectivity index (χ0v) is 14.3. The number of amides is 1. The topological polar surface area (TPSA) is 57.8 Å². The third-order valence-electron chi connectivity index (χ3n) is 4.54. The van der Waals surface area contributed by atoms with Crippen LogP contribution in [0.5, 0.6) is 0 Å². The van der Waals surface area contributed by atoms with Crippen LogP contribution in [0, 0.1) is 0 Å². The van der Waals surface area contributed by atoms with Crippen molar-refractivity contribution < 1.29 is 9.90 Å². The first-order valence-electron chi connectivity index (χ1n) is 8.19. The van der Waals surface area contributed by atoms with E-state index in [4.69, 9.17) is 0 Å². The Balaban J connectivity index is 1.66. The Morgan fingerprint density at radius 3 is 2.83 bits per heavy atom. The number of thiazole rings is 1. The van der Waals surface area contributed by atoms with Gasteiger partial charge in [-0.3, -0.25) is 9.20 Å². The van der Waals surface area contributed by atoms with E-state index in [0.717, 1.165) is 22.6 Å². The molecule has 0 unspecified atom stereocenters. The minimum Gasteiger partial charge on any atom is -0.391 e. The Morgan fingerprint density at radius 2 is 2.17 bits per heavy atom. The molecular formula is C18H19N3O2S. The van der Waals surface area contributed by atoms with Crippen molar-refractivity contribution in [1.82, 2.24) is 14.3 Å². The summed E-state index contributed by atoms with van der Waals surface area (Å²) < 4.78 is 1.86. The number of aryl methyl sites for hydroxylation is 1. The number of hydrogen-bond acceptors (Lipinski definition) is 4. The van der Waals surface area contributed by atoms with Gasteiger partial charge in [0.25, 0.3) is 5.91 Å². The van der Waals surface area contributed by atoms with Crippen LogP contribution in [0.1, 0.15) is 29.4 Å². The molecule has 1 aromatic carbocycles. The molecule has 124 valence electrons. The molecule has 24 heavy (non-hydrogen) atoms. The average molecular weight is 341 g/mol. The van der Waals surface area contributed by atoms with E-state index < -0.39 is 6.10 Å². The van der Waals surface area contributed by atoms with Crippen LogP contribution in [0.4, 0.5) is 0 Å². The molecule has 4 rings (SSSR count). The first kappa shape index (κ1) is 15.4. The van der Waals surface area contributed by atoms with Crippen LogP contribution in [0.25, 0.3) is 16.2 Å². The van der Waals surface area contributed by atoms with Crippen LogP contribution in [-0.2, 0) is 6.42 Å². The number of hydrogen-bond donors (Lipinski definition) is 1. The Labute approximate surface area is 144 Å². The zero-order chi connectivity index (χ0) is 16.7. The van der Waals surface area contributed by atoms with E-state index in [9.17, 15) is 9.90 Å². The summed E-state index contributed by atoms with van der Waals surface area (Å²) in [5.74, 6) is -0.0388. The Hall–Kier alpha value is -2.18. The lowest BCUT2D eigenvalue weighted by Crippen LogP contribution is -2.30. The van der Waals surface area contributed by atoms with Gasteiger partial charge in [-0.2, -0.15) is 0 Å². The van der Waals surface area contributed by atoms with Gasteiger partial charge in [0.05, 0.1) is 11.8 Å². The quantitative estimate of drug-likeness (QED) is 0.797. The largest absolute Gasteiger partial charge is 0.391 e. The second kappa shape index (κ2) is 6.03. The summed E-state index contributed by atoms with van der Waals surface area (Å²) >= 11 is 1.47. The van der Waals surface area contributed by atoms with Crippen LogP contribution in [0.15, 0.2) is 35.8 Å². The summed E-state index contributed by atoms with van der Waals surface area (Å²) in [4.78, 5) is 19.8. The number of carbonyl (C=O) groups is 1. The molecule has 1 aliphatic heterocycles. The monoisotopic (exact) mass is 341 g/mol. The summed E-state index contributed by atoms with van der Waals surface area (Å²) in [5.41, 5.74) is 3.84. The molecule has 1 N–H and O–H groups in total. The fourth-order valence-corrected chi connectivity index (χ4v) is 3.92. The fourth-order valence-electron chi connectivity index (χ4n) is 3.08. The molecule has 0 aliphatic carbocycles. The van der Waals surface area contributed by atoms with Gasteiger partial charge in [0, 0.05) is 30.2 Å². The van der Waals surface area contributed by atoms with Crippen molar-refractivity contribution in [2.45, 2.75) is 25.9 Å². The van der Waals surface area contributed by atoms with Crippen LogP contribution in [0.2, 0.25) is 0 Å². The lowest BCUT2D eigenvalue weighted by Gasteiger charge is -2.14. The third-order valence-corrected chi connectivity index (χ3v) is 5.38. The van der Waals surface area contributed by atoms with Gasteiger partial charge < -0.3 is 10.0 Å². The highest BCUT2D eigenvalue weighted by Crippen LogP contribution is 2.25. The van der Waals surface area contributed by atoms with Gasteiger partial charge in [-0.15, -0.1) is 11.3 Å². The summed E-state index contributed by atoms with van der Waals surface area (Å²) in [6.07, 6.45) is 3.18. The normalized spacial score (nSPS) is 17.8. The number of aromatic nitrogens is 2. The van der Waals surface area contributed by atoms with Crippen LogP contribution >= 0.6 is 11.3 Å². The van der Waals surface area contributed by atoms with Crippen molar-refractivity contribution in [3.05, 3.63) is 47.1 Å². The van der Waals surface area contributed by atoms with Crippen molar-refractivity contribution >= 4 is 22.2 Å². The number of likely N-dealkylation sites (tertiary alicyclic amines) is 1. The van der Waals surface area contributed by atoms with Gasteiger partial charge in [-0.1, -0.05) is 31.2 Å². The maximum absolute atomic E-state index is 12.7. The van der Waals surface area contributed by atoms with Crippen molar-refractivity contribution in [2.24, 2.45) is 0 Å². The molecule has 1 aliphatic rings. The molecule has 1 saturated heterocycles. The lowest BCUT2D eigenvalue weighted by atomic mass is 10.1. The van der Waals surface area contributed by atoms with Crippen LogP contribution in [-0.4, -0.2) is 44.5 Å². The number of aliphatic hydroxyl groups excluding tert-OH is 1.